The van der Waals surface area contributed by atoms with E-state index < -0.39 is 10.0 Å². The van der Waals surface area contributed by atoms with Crippen LogP contribution in [0, 0.1) is 0 Å². The maximum Gasteiger partial charge on any atom is 0.243 e. The van der Waals surface area contributed by atoms with Crippen LogP contribution in [0.3, 0.4) is 0 Å². The average Bonchev–Trinajstić information content (AvgIpc) is 2.37. The molecule has 0 spiro atoms. The van der Waals surface area contributed by atoms with Crippen LogP contribution in [0.25, 0.3) is 0 Å². The van der Waals surface area contributed by atoms with Crippen molar-refractivity contribution in [2.75, 3.05) is 25.5 Å². The van der Waals surface area contributed by atoms with Crippen molar-refractivity contribution in [1.29, 1.82) is 0 Å². The summed E-state index contributed by atoms with van der Waals surface area (Å²) in [5.74, 6) is 0. The number of hydrogen-bond acceptors (Lipinski definition) is 4. The van der Waals surface area contributed by atoms with Crippen LogP contribution >= 0.6 is 0 Å². The van der Waals surface area contributed by atoms with Gasteiger partial charge in [0.25, 0.3) is 0 Å². The van der Waals surface area contributed by atoms with Gasteiger partial charge >= 0.3 is 0 Å². The summed E-state index contributed by atoms with van der Waals surface area (Å²) >= 11 is 0. The van der Waals surface area contributed by atoms with E-state index in [2.05, 4.69) is 5.32 Å². The van der Waals surface area contributed by atoms with Crippen molar-refractivity contribution >= 4 is 15.7 Å². The van der Waals surface area contributed by atoms with Gasteiger partial charge in [0.05, 0.1) is 17.1 Å². The number of sulfonamides is 1. The molecule has 19 heavy (non-hydrogen) atoms. The third-order valence-electron chi connectivity index (χ3n) is 3.17. The van der Waals surface area contributed by atoms with Crippen LogP contribution in [-0.2, 0) is 14.8 Å². The molecule has 0 bridgehead atoms. The maximum atomic E-state index is 12.5. The number of anilines is 1. The first-order valence-electron chi connectivity index (χ1n) is 6.37. The van der Waals surface area contributed by atoms with Gasteiger partial charge in [-0.25, -0.2) is 8.42 Å². The molecule has 6 heteroatoms. The molecule has 2 atom stereocenters. The van der Waals surface area contributed by atoms with Crippen molar-refractivity contribution < 1.29 is 13.2 Å². The Morgan fingerprint density at radius 3 is 2.16 bits per heavy atom. The highest BCUT2D eigenvalue weighted by atomic mass is 32.2. The fourth-order valence-electron chi connectivity index (χ4n) is 2.27. The lowest BCUT2D eigenvalue weighted by molar-refractivity contribution is -0.0440. The molecule has 1 aliphatic rings. The Kier molecular flexibility index (Phi) is 4.13. The number of hydrogen-bond donors (Lipinski definition) is 1. The summed E-state index contributed by atoms with van der Waals surface area (Å²) in [6.45, 7) is 4.59. The zero-order valence-electron chi connectivity index (χ0n) is 11.5. The Labute approximate surface area is 114 Å². The standard InChI is InChI=1S/C13H20N2O3S/c1-10-8-15(9-11(2)18-10)19(16,17)13-6-4-12(14-3)5-7-13/h4-7,10-11,14H,8-9H2,1-3H3. The maximum absolute atomic E-state index is 12.5. The lowest BCUT2D eigenvalue weighted by atomic mass is 10.3. The number of morpholine rings is 1. The summed E-state index contributed by atoms with van der Waals surface area (Å²) in [5.41, 5.74) is 0.891. The van der Waals surface area contributed by atoms with Gasteiger partial charge < -0.3 is 10.1 Å². The van der Waals surface area contributed by atoms with Crippen LogP contribution < -0.4 is 5.32 Å². The number of benzene rings is 1. The molecule has 1 fully saturated rings. The Morgan fingerprint density at radius 1 is 1.16 bits per heavy atom. The van der Waals surface area contributed by atoms with Gasteiger partial charge in [-0.15, -0.1) is 0 Å². The van der Waals surface area contributed by atoms with Crippen LogP contribution in [0.5, 0.6) is 0 Å². The minimum absolute atomic E-state index is 0.0740. The second-order valence-corrected chi connectivity index (χ2v) is 6.79. The third-order valence-corrected chi connectivity index (χ3v) is 5.01. The SMILES string of the molecule is CNc1ccc(S(=O)(=O)N2CC(C)OC(C)C2)cc1. The van der Waals surface area contributed by atoms with Gasteiger partial charge in [-0.1, -0.05) is 0 Å². The Balaban J connectivity index is 2.25. The second-order valence-electron chi connectivity index (χ2n) is 4.85. The molecule has 1 aliphatic heterocycles. The van der Waals surface area contributed by atoms with E-state index in [1.165, 1.54) is 4.31 Å². The molecule has 0 radical (unpaired) electrons. The van der Waals surface area contributed by atoms with Gasteiger partial charge in [-0.3, -0.25) is 0 Å². The van der Waals surface area contributed by atoms with Crippen LogP contribution in [0.1, 0.15) is 13.8 Å². The van der Waals surface area contributed by atoms with Gasteiger partial charge in [-0.2, -0.15) is 4.31 Å². The molecule has 2 unspecified atom stereocenters. The van der Waals surface area contributed by atoms with Crippen molar-refractivity contribution in [2.24, 2.45) is 0 Å². The highest BCUT2D eigenvalue weighted by Gasteiger charge is 2.31. The molecule has 5 nitrogen and oxygen atoms in total. The van der Waals surface area contributed by atoms with Crippen molar-refractivity contribution in [2.45, 2.75) is 31.0 Å². The first-order chi connectivity index (χ1) is 8.93. The van der Waals surface area contributed by atoms with E-state index in [0.29, 0.717) is 18.0 Å². The fraction of sp³-hybridized carbons (Fsp3) is 0.538. The van der Waals surface area contributed by atoms with E-state index >= 15 is 0 Å². The smallest absolute Gasteiger partial charge is 0.243 e. The fourth-order valence-corrected chi connectivity index (χ4v) is 3.86. The van der Waals surface area contributed by atoms with Crippen molar-refractivity contribution in [3.8, 4) is 0 Å². The largest absolute Gasteiger partial charge is 0.388 e. The number of ether oxygens (including phenoxy) is 1. The molecule has 0 amide bonds. The highest BCUT2D eigenvalue weighted by Crippen LogP contribution is 2.22. The van der Waals surface area contributed by atoms with E-state index in [9.17, 15) is 8.42 Å². The minimum atomic E-state index is -3.43. The van der Waals surface area contributed by atoms with E-state index in [-0.39, 0.29) is 12.2 Å². The summed E-state index contributed by atoms with van der Waals surface area (Å²) in [5, 5.41) is 2.97. The zero-order chi connectivity index (χ0) is 14.0. The summed E-state index contributed by atoms with van der Waals surface area (Å²) in [6, 6.07) is 6.79. The summed E-state index contributed by atoms with van der Waals surface area (Å²) in [7, 11) is -1.63. The second kappa shape index (κ2) is 5.48. The summed E-state index contributed by atoms with van der Waals surface area (Å²) in [4.78, 5) is 0.327. The van der Waals surface area contributed by atoms with Crippen LogP contribution in [0.4, 0.5) is 5.69 Å². The first kappa shape index (κ1) is 14.3. The van der Waals surface area contributed by atoms with Crippen molar-refractivity contribution in [3.63, 3.8) is 0 Å². The van der Waals surface area contributed by atoms with E-state index in [1.807, 2.05) is 13.8 Å². The lowest BCUT2D eigenvalue weighted by Crippen LogP contribution is -2.48. The van der Waals surface area contributed by atoms with Crippen LogP contribution in [-0.4, -0.2) is 45.1 Å². The molecule has 0 aliphatic carbocycles. The molecule has 2 rings (SSSR count). The molecule has 0 aromatic heterocycles. The quantitative estimate of drug-likeness (QED) is 0.914. The predicted molar refractivity (Wildman–Crippen MR) is 74.8 cm³/mol. The van der Waals surface area contributed by atoms with E-state index in [4.69, 9.17) is 4.74 Å². The molecule has 1 N–H and O–H groups in total. The first-order valence-corrected chi connectivity index (χ1v) is 7.81. The van der Waals surface area contributed by atoms with Gasteiger partial charge in [0.2, 0.25) is 10.0 Å². The lowest BCUT2D eigenvalue weighted by Gasteiger charge is -2.34. The molecule has 1 heterocycles. The Bertz CT molecular complexity index is 517. The molecular weight excluding hydrogens is 264 g/mol. The van der Waals surface area contributed by atoms with E-state index in [1.54, 1.807) is 31.3 Å². The molecule has 1 saturated heterocycles. The third kappa shape index (κ3) is 3.08. The number of nitrogens with zero attached hydrogens (tertiary/aromatic N) is 1. The topological polar surface area (TPSA) is 58.6 Å². The van der Waals surface area contributed by atoms with Gasteiger partial charge in [0.15, 0.2) is 0 Å². The van der Waals surface area contributed by atoms with Gasteiger partial charge in [0.1, 0.15) is 0 Å². The number of nitrogens with one attached hydrogen (secondary N) is 1. The monoisotopic (exact) mass is 284 g/mol. The van der Waals surface area contributed by atoms with Crippen molar-refractivity contribution in [1.82, 2.24) is 4.31 Å². The summed E-state index contributed by atoms with van der Waals surface area (Å²) in [6.07, 6.45) is -0.148. The molecular formula is C13H20N2O3S. The summed E-state index contributed by atoms with van der Waals surface area (Å²) < 4.78 is 32.1. The number of rotatable bonds is 3. The highest BCUT2D eigenvalue weighted by molar-refractivity contribution is 7.89. The zero-order valence-corrected chi connectivity index (χ0v) is 12.3. The molecule has 1 aromatic rings. The molecule has 106 valence electrons. The van der Waals surface area contributed by atoms with Gasteiger partial charge in [0, 0.05) is 25.8 Å². The normalized spacial score (nSPS) is 25.2. The van der Waals surface area contributed by atoms with Crippen LogP contribution in [0.2, 0.25) is 0 Å². The minimum Gasteiger partial charge on any atom is -0.388 e. The molecule has 0 saturated carbocycles. The Hall–Kier alpha value is -1.11. The molecule has 1 aromatic carbocycles. The van der Waals surface area contributed by atoms with Gasteiger partial charge in [-0.05, 0) is 38.1 Å². The average molecular weight is 284 g/mol. The van der Waals surface area contributed by atoms with Crippen LogP contribution in [0.15, 0.2) is 29.2 Å². The van der Waals surface area contributed by atoms with E-state index in [0.717, 1.165) is 5.69 Å². The van der Waals surface area contributed by atoms with Crippen molar-refractivity contribution in [3.05, 3.63) is 24.3 Å². The Morgan fingerprint density at radius 2 is 1.68 bits per heavy atom. The predicted octanol–water partition coefficient (Wildman–Crippen LogP) is 1.53.